The van der Waals surface area contributed by atoms with Gasteiger partial charge in [-0.2, -0.15) is 23.7 Å². The highest BCUT2D eigenvalue weighted by Gasteiger charge is 2.24. The molecule has 1 aromatic carbocycles. The molecule has 0 aliphatic rings. The average Bonchev–Trinajstić information content (AvgIpc) is 3.76. The van der Waals surface area contributed by atoms with Gasteiger partial charge in [0.1, 0.15) is 6.04 Å². The van der Waals surface area contributed by atoms with Gasteiger partial charge in [-0.1, -0.05) is 28.1 Å². The van der Waals surface area contributed by atoms with Crippen LogP contribution in [0.5, 0.6) is 0 Å². The molecule has 1 N–H and O–H groups in total. The SMILES string of the molecule is Fc1c(Cl)ccc(-[n+]2cc(Cl)n[nH]2)c1-c1ccc([C@@H](Cn2cccn2)n2cc(-c3cnnn3C(F)F)cn2)nc1. The molecule has 0 bridgehead atoms. The van der Waals surface area contributed by atoms with Crippen LogP contribution in [0, 0.1) is 5.82 Å². The van der Waals surface area contributed by atoms with Crippen molar-refractivity contribution < 1.29 is 17.9 Å². The second-order valence-corrected chi connectivity index (χ2v) is 9.35. The zero-order chi connectivity index (χ0) is 27.8. The minimum atomic E-state index is -2.86. The molecule has 1 atom stereocenters. The third-order valence-corrected chi connectivity index (χ3v) is 6.62. The Hall–Kier alpha value is -4.56. The summed E-state index contributed by atoms with van der Waals surface area (Å²) in [7, 11) is 0. The van der Waals surface area contributed by atoms with Crippen molar-refractivity contribution in [1.82, 2.24) is 49.9 Å². The fourth-order valence-corrected chi connectivity index (χ4v) is 4.58. The van der Waals surface area contributed by atoms with E-state index in [4.69, 9.17) is 23.2 Å². The number of alkyl halides is 2. The standard InChI is InChI=1S/C24H16Cl2F3N11/c25-16-3-5-18(39-13-21(26)34-36-39)22(23(16)27)14-2-4-17(30-8-14)20(12-37-7-1-6-32-37)38-11-15(9-33-38)19-10-31-35-40(19)24(28)29/h1-11,13,20,24H,12H2/p+1/t20-/m1/s1. The second-order valence-electron chi connectivity index (χ2n) is 8.56. The van der Waals surface area contributed by atoms with E-state index in [1.165, 1.54) is 35.5 Å². The number of nitrogens with one attached hydrogen (secondary N) is 1. The maximum atomic E-state index is 15.3. The van der Waals surface area contributed by atoms with Crippen LogP contribution in [0.1, 0.15) is 18.3 Å². The lowest BCUT2D eigenvalue weighted by atomic mass is 10.0. The van der Waals surface area contributed by atoms with Gasteiger partial charge >= 0.3 is 11.7 Å². The third kappa shape index (κ3) is 4.82. The molecule has 0 unspecified atom stereocenters. The van der Waals surface area contributed by atoms with Crippen molar-refractivity contribution in [3.8, 4) is 28.1 Å². The summed E-state index contributed by atoms with van der Waals surface area (Å²) in [5.41, 5.74) is 2.13. The van der Waals surface area contributed by atoms with Crippen LogP contribution in [0.25, 0.3) is 28.1 Å². The van der Waals surface area contributed by atoms with Crippen LogP contribution in [0.3, 0.4) is 0 Å². The molecule has 0 amide bonds. The number of aromatic amines is 1. The summed E-state index contributed by atoms with van der Waals surface area (Å²) in [6.45, 7) is -2.53. The third-order valence-electron chi connectivity index (χ3n) is 6.14. The predicted octanol–water partition coefficient (Wildman–Crippen LogP) is 4.53. The van der Waals surface area contributed by atoms with E-state index in [0.29, 0.717) is 33.7 Å². The lowest BCUT2D eigenvalue weighted by Crippen LogP contribution is -2.33. The number of rotatable bonds is 8. The first-order valence-corrected chi connectivity index (χ1v) is 12.4. The van der Waals surface area contributed by atoms with E-state index < -0.39 is 18.4 Å². The number of pyridine rings is 1. The molecule has 11 nitrogen and oxygen atoms in total. The minimum Gasteiger partial charge on any atom is -0.270 e. The lowest BCUT2D eigenvalue weighted by Gasteiger charge is -2.18. The first kappa shape index (κ1) is 25.7. The van der Waals surface area contributed by atoms with Crippen molar-refractivity contribution >= 4 is 23.2 Å². The zero-order valence-electron chi connectivity index (χ0n) is 20.2. The summed E-state index contributed by atoms with van der Waals surface area (Å²) >= 11 is 12.1. The Balaban J connectivity index is 1.39. The molecule has 0 aliphatic heterocycles. The second kappa shape index (κ2) is 10.5. The van der Waals surface area contributed by atoms with Crippen LogP contribution in [0.15, 0.2) is 73.7 Å². The smallest absolute Gasteiger partial charge is 0.270 e. The van der Waals surface area contributed by atoms with Crippen LogP contribution in [-0.4, -0.2) is 49.9 Å². The van der Waals surface area contributed by atoms with E-state index in [1.807, 2.05) is 0 Å². The molecule has 6 aromatic rings. The van der Waals surface area contributed by atoms with E-state index in [9.17, 15) is 8.78 Å². The first-order valence-electron chi connectivity index (χ1n) is 11.7. The Kier molecular flexibility index (Phi) is 6.77. The van der Waals surface area contributed by atoms with Gasteiger partial charge in [0, 0.05) is 35.9 Å². The molecular weight excluding hydrogens is 570 g/mol. The van der Waals surface area contributed by atoms with E-state index in [2.05, 4.69) is 35.8 Å². The number of benzene rings is 1. The van der Waals surface area contributed by atoms with Gasteiger partial charge in [0.2, 0.25) is 0 Å². The molecule has 5 heterocycles. The summed E-state index contributed by atoms with van der Waals surface area (Å²) in [5, 5.41) is 22.4. The van der Waals surface area contributed by atoms with Gasteiger partial charge in [0.25, 0.3) is 0 Å². The fourth-order valence-electron chi connectivity index (χ4n) is 4.29. The van der Waals surface area contributed by atoms with Crippen molar-refractivity contribution in [2.24, 2.45) is 0 Å². The highest BCUT2D eigenvalue weighted by molar-refractivity contribution is 6.31. The summed E-state index contributed by atoms with van der Waals surface area (Å²) in [5.74, 6) is -0.638. The maximum Gasteiger partial charge on any atom is 0.335 e. The summed E-state index contributed by atoms with van der Waals surface area (Å²) < 4.78 is 47.3. The highest BCUT2D eigenvalue weighted by atomic mass is 35.5. The molecule has 0 saturated heterocycles. The van der Waals surface area contributed by atoms with Crippen LogP contribution in [0.4, 0.5) is 13.2 Å². The van der Waals surface area contributed by atoms with E-state index in [1.54, 1.807) is 52.2 Å². The normalized spacial score (nSPS) is 12.3. The Bertz CT molecular complexity index is 1760. The molecule has 0 radical (unpaired) electrons. The Morgan fingerprint density at radius 2 is 1.90 bits per heavy atom. The molecule has 0 spiro atoms. The maximum absolute atomic E-state index is 15.3. The summed E-state index contributed by atoms with van der Waals surface area (Å²) in [6, 6.07) is 7.78. The van der Waals surface area contributed by atoms with E-state index in [0.717, 1.165) is 0 Å². The largest absolute Gasteiger partial charge is 0.335 e. The van der Waals surface area contributed by atoms with Crippen LogP contribution >= 0.6 is 23.2 Å². The summed E-state index contributed by atoms with van der Waals surface area (Å²) in [4.78, 5) is 4.62. The number of halogens is 5. The molecule has 0 saturated carbocycles. The Labute approximate surface area is 233 Å². The van der Waals surface area contributed by atoms with Gasteiger partial charge in [0.15, 0.2) is 17.7 Å². The molecular formula is C24H17Cl2F3N11+. The predicted molar refractivity (Wildman–Crippen MR) is 136 cm³/mol. The van der Waals surface area contributed by atoms with Crippen molar-refractivity contribution in [3.05, 3.63) is 95.4 Å². The van der Waals surface area contributed by atoms with Gasteiger partial charge in [-0.3, -0.25) is 14.3 Å². The number of nitrogens with zero attached hydrogens (tertiary/aromatic N) is 10. The molecule has 16 heteroatoms. The number of H-pyrrole nitrogens is 1. The molecule has 5 aromatic heterocycles. The van der Waals surface area contributed by atoms with Gasteiger partial charge in [-0.15, -0.1) is 9.78 Å². The lowest BCUT2D eigenvalue weighted by molar-refractivity contribution is -0.659. The minimum absolute atomic E-state index is 0.0628. The fraction of sp³-hybridized carbons (Fsp3) is 0.125. The van der Waals surface area contributed by atoms with Crippen molar-refractivity contribution in [3.63, 3.8) is 0 Å². The van der Waals surface area contributed by atoms with Crippen molar-refractivity contribution in [2.45, 2.75) is 19.1 Å². The van der Waals surface area contributed by atoms with Crippen LogP contribution < -0.4 is 4.68 Å². The van der Waals surface area contributed by atoms with E-state index >= 15 is 4.39 Å². The van der Waals surface area contributed by atoms with Crippen LogP contribution in [-0.2, 0) is 6.54 Å². The molecule has 0 fully saturated rings. The first-order chi connectivity index (χ1) is 19.4. The van der Waals surface area contributed by atoms with Gasteiger partial charge in [-0.25, -0.2) is 4.39 Å². The van der Waals surface area contributed by atoms with Crippen molar-refractivity contribution in [1.29, 1.82) is 0 Å². The zero-order valence-corrected chi connectivity index (χ0v) is 21.7. The average molecular weight is 587 g/mol. The monoisotopic (exact) mass is 586 g/mol. The highest BCUT2D eigenvalue weighted by Crippen LogP contribution is 2.32. The molecule has 202 valence electrons. The number of hydrogen-bond acceptors (Lipinski definition) is 6. The Morgan fingerprint density at radius 1 is 1.02 bits per heavy atom. The Morgan fingerprint density at radius 3 is 2.60 bits per heavy atom. The molecule has 40 heavy (non-hydrogen) atoms. The number of hydrogen-bond donors (Lipinski definition) is 1. The molecule has 0 aliphatic carbocycles. The van der Waals surface area contributed by atoms with Crippen LogP contribution in [0.2, 0.25) is 10.2 Å². The van der Waals surface area contributed by atoms with E-state index in [-0.39, 0.29) is 21.4 Å². The molecule has 6 rings (SSSR count). The summed E-state index contributed by atoms with van der Waals surface area (Å²) in [6.07, 6.45) is 10.7. The topological polar surface area (TPSA) is 112 Å². The van der Waals surface area contributed by atoms with Gasteiger partial charge in [-0.05, 0) is 35.9 Å². The van der Waals surface area contributed by atoms with Gasteiger partial charge < -0.3 is 0 Å². The number of aromatic nitrogens is 11. The van der Waals surface area contributed by atoms with Crippen molar-refractivity contribution in [2.75, 3.05) is 0 Å². The van der Waals surface area contributed by atoms with Gasteiger partial charge in [0.05, 0.1) is 46.0 Å². The quantitative estimate of drug-likeness (QED) is 0.262.